The summed E-state index contributed by atoms with van der Waals surface area (Å²) in [5, 5.41) is 6.37. The van der Waals surface area contributed by atoms with Gasteiger partial charge in [-0.25, -0.2) is 4.98 Å². The molecule has 1 aliphatic heterocycles. The van der Waals surface area contributed by atoms with Crippen LogP contribution in [0, 0.1) is 0 Å². The first-order valence-electron chi connectivity index (χ1n) is 7.89. The lowest BCUT2D eigenvalue weighted by molar-refractivity contribution is -0.119. The van der Waals surface area contributed by atoms with E-state index in [9.17, 15) is 4.79 Å². The predicted octanol–water partition coefficient (Wildman–Crippen LogP) is 2.86. The average Bonchev–Trinajstić information content (AvgIpc) is 3.05. The highest BCUT2D eigenvalue weighted by atomic mass is 35.5. The van der Waals surface area contributed by atoms with Gasteiger partial charge >= 0.3 is 0 Å². The predicted molar refractivity (Wildman–Crippen MR) is 99.4 cm³/mol. The highest BCUT2D eigenvalue weighted by molar-refractivity contribution is 7.99. The second kappa shape index (κ2) is 9.71. The van der Waals surface area contributed by atoms with Crippen LogP contribution >= 0.6 is 24.2 Å². The molecule has 1 aromatic heterocycles. The maximum absolute atomic E-state index is 11.9. The van der Waals surface area contributed by atoms with Crippen molar-refractivity contribution in [2.24, 2.45) is 0 Å². The first-order chi connectivity index (χ1) is 11.3. The molecule has 7 heteroatoms. The zero-order valence-corrected chi connectivity index (χ0v) is 15.0. The number of halogens is 1. The van der Waals surface area contributed by atoms with Crippen molar-refractivity contribution in [3.05, 3.63) is 42.3 Å². The van der Waals surface area contributed by atoms with Crippen LogP contribution in [0.3, 0.4) is 0 Å². The normalized spacial score (nSPS) is 17.1. The molecule has 5 nitrogen and oxygen atoms in total. The lowest BCUT2D eigenvalue weighted by Crippen LogP contribution is -2.46. The van der Waals surface area contributed by atoms with Crippen molar-refractivity contribution in [3.63, 3.8) is 0 Å². The van der Waals surface area contributed by atoms with E-state index in [4.69, 9.17) is 4.42 Å². The van der Waals surface area contributed by atoms with Crippen LogP contribution < -0.4 is 10.6 Å². The fourth-order valence-electron chi connectivity index (χ4n) is 2.58. The molecule has 3 rings (SSSR count). The van der Waals surface area contributed by atoms with Gasteiger partial charge in [-0.15, -0.1) is 24.2 Å². The largest absolute Gasteiger partial charge is 0.444 e. The van der Waals surface area contributed by atoms with E-state index in [2.05, 4.69) is 15.6 Å². The summed E-state index contributed by atoms with van der Waals surface area (Å²) in [6.45, 7) is 1.93. The van der Waals surface area contributed by atoms with E-state index in [1.54, 1.807) is 18.0 Å². The number of thioether (sulfide) groups is 1. The van der Waals surface area contributed by atoms with Crippen molar-refractivity contribution in [1.82, 2.24) is 15.6 Å². The van der Waals surface area contributed by atoms with Crippen molar-refractivity contribution in [1.29, 1.82) is 0 Å². The molecule has 1 fully saturated rings. The van der Waals surface area contributed by atoms with Crippen molar-refractivity contribution < 1.29 is 9.21 Å². The smallest absolute Gasteiger partial charge is 0.230 e. The Morgan fingerprint density at radius 2 is 2.21 bits per heavy atom. The molecule has 0 saturated carbocycles. The second-order valence-electron chi connectivity index (χ2n) is 5.61. The molecule has 1 saturated heterocycles. The van der Waals surface area contributed by atoms with E-state index in [0.29, 0.717) is 17.4 Å². The Labute approximate surface area is 152 Å². The number of aromatic nitrogens is 1. The molecule has 130 valence electrons. The SMILES string of the molecule is Cl.O=C(CSCc1coc(-c2ccccc2)n1)N[C@H]1CCCNC1. The Morgan fingerprint density at radius 1 is 1.38 bits per heavy atom. The van der Waals surface area contributed by atoms with Crippen LogP contribution in [0.5, 0.6) is 0 Å². The van der Waals surface area contributed by atoms with Gasteiger partial charge in [-0.1, -0.05) is 18.2 Å². The number of rotatable bonds is 6. The topological polar surface area (TPSA) is 67.2 Å². The highest BCUT2D eigenvalue weighted by Gasteiger charge is 2.15. The summed E-state index contributed by atoms with van der Waals surface area (Å²) in [4.78, 5) is 16.4. The zero-order chi connectivity index (χ0) is 15.9. The number of nitrogens with zero attached hydrogens (tertiary/aromatic N) is 1. The molecule has 0 radical (unpaired) electrons. The molecule has 24 heavy (non-hydrogen) atoms. The van der Waals surface area contributed by atoms with Crippen LogP contribution in [0.1, 0.15) is 18.5 Å². The van der Waals surface area contributed by atoms with Gasteiger partial charge < -0.3 is 15.1 Å². The average molecular weight is 368 g/mol. The molecular weight excluding hydrogens is 346 g/mol. The monoisotopic (exact) mass is 367 g/mol. The van der Waals surface area contributed by atoms with Gasteiger partial charge in [0.1, 0.15) is 6.26 Å². The number of hydrogen-bond donors (Lipinski definition) is 2. The molecule has 0 aliphatic carbocycles. The molecule has 1 aliphatic rings. The van der Waals surface area contributed by atoms with Crippen LogP contribution in [0.4, 0.5) is 0 Å². The number of piperidine rings is 1. The van der Waals surface area contributed by atoms with Gasteiger partial charge in [0.25, 0.3) is 0 Å². The zero-order valence-electron chi connectivity index (χ0n) is 13.4. The molecule has 2 aromatic rings. The van der Waals surface area contributed by atoms with E-state index >= 15 is 0 Å². The molecule has 1 amide bonds. The summed E-state index contributed by atoms with van der Waals surface area (Å²) < 4.78 is 5.50. The Morgan fingerprint density at radius 3 is 2.96 bits per heavy atom. The first-order valence-corrected chi connectivity index (χ1v) is 9.04. The Balaban J connectivity index is 0.00000208. The van der Waals surface area contributed by atoms with Crippen molar-refractivity contribution in [3.8, 4) is 11.5 Å². The summed E-state index contributed by atoms with van der Waals surface area (Å²) in [7, 11) is 0. The number of benzene rings is 1. The molecule has 0 bridgehead atoms. The highest BCUT2D eigenvalue weighted by Crippen LogP contribution is 2.20. The number of hydrogen-bond acceptors (Lipinski definition) is 5. The number of nitrogens with one attached hydrogen (secondary N) is 2. The van der Waals surface area contributed by atoms with Gasteiger partial charge in [0, 0.05) is 23.9 Å². The lowest BCUT2D eigenvalue weighted by atomic mass is 10.1. The summed E-state index contributed by atoms with van der Waals surface area (Å²) in [6, 6.07) is 10.1. The van der Waals surface area contributed by atoms with Crippen LogP contribution in [0.25, 0.3) is 11.5 Å². The van der Waals surface area contributed by atoms with Crippen LogP contribution in [0.2, 0.25) is 0 Å². The molecule has 1 atom stereocenters. The van der Waals surface area contributed by atoms with E-state index in [-0.39, 0.29) is 24.4 Å². The van der Waals surface area contributed by atoms with E-state index in [0.717, 1.165) is 37.2 Å². The Bertz CT molecular complexity index is 630. The summed E-state index contributed by atoms with van der Waals surface area (Å²) in [6.07, 6.45) is 3.85. The standard InChI is InChI=1S/C17H21N3O2S.ClH/c21-16(19-14-7-4-8-18-9-14)12-23-11-15-10-22-17(20-15)13-5-2-1-3-6-13;/h1-3,5-6,10,14,18H,4,7-9,11-12H2,(H,19,21);1H/t14-;/m0./s1. The fourth-order valence-corrected chi connectivity index (χ4v) is 3.29. The van der Waals surface area contributed by atoms with Crippen LogP contribution in [-0.4, -0.2) is 35.8 Å². The minimum atomic E-state index is 0. The number of oxazole rings is 1. The van der Waals surface area contributed by atoms with Crippen molar-refractivity contribution >= 4 is 30.1 Å². The van der Waals surface area contributed by atoms with Gasteiger partial charge in [0.15, 0.2) is 0 Å². The van der Waals surface area contributed by atoms with Crippen molar-refractivity contribution in [2.45, 2.75) is 24.6 Å². The van der Waals surface area contributed by atoms with Gasteiger partial charge in [-0.3, -0.25) is 4.79 Å². The van der Waals surface area contributed by atoms with Crippen LogP contribution in [0.15, 0.2) is 41.0 Å². The third-order valence-corrected chi connectivity index (χ3v) is 4.68. The first kappa shape index (κ1) is 18.8. The molecule has 0 spiro atoms. The second-order valence-corrected chi connectivity index (χ2v) is 6.60. The third kappa shape index (κ3) is 5.54. The Kier molecular flexibility index (Phi) is 7.62. The maximum Gasteiger partial charge on any atom is 0.230 e. The van der Waals surface area contributed by atoms with Gasteiger partial charge in [0.05, 0.1) is 11.4 Å². The quantitative estimate of drug-likeness (QED) is 0.821. The minimum Gasteiger partial charge on any atom is -0.444 e. The minimum absolute atomic E-state index is 0. The Hall–Kier alpha value is -1.50. The summed E-state index contributed by atoms with van der Waals surface area (Å²) in [5.41, 5.74) is 1.83. The van der Waals surface area contributed by atoms with Gasteiger partial charge in [-0.2, -0.15) is 0 Å². The molecule has 0 unspecified atom stereocenters. The lowest BCUT2D eigenvalue weighted by Gasteiger charge is -2.23. The van der Waals surface area contributed by atoms with E-state index in [1.807, 2.05) is 30.3 Å². The number of amides is 1. The number of carbonyl (C=O) groups excluding carboxylic acids is 1. The summed E-state index contributed by atoms with van der Waals surface area (Å²) in [5.74, 6) is 1.84. The molecule has 1 aromatic carbocycles. The van der Waals surface area contributed by atoms with Crippen LogP contribution in [-0.2, 0) is 10.5 Å². The fraction of sp³-hybridized carbons (Fsp3) is 0.412. The maximum atomic E-state index is 11.9. The van der Waals surface area contributed by atoms with E-state index < -0.39 is 0 Å². The molecular formula is C17H22ClN3O2S. The van der Waals surface area contributed by atoms with E-state index in [1.165, 1.54) is 0 Å². The number of carbonyl (C=O) groups is 1. The van der Waals surface area contributed by atoms with Crippen molar-refractivity contribution in [2.75, 3.05) is 18.8 Å². The molecule has 2 heterocycles. The van der Waals surface area contributed by atoms with Gasteiger partial charge in [-0.05, 0) is 31.5 Å². The molecule has 2 N–H and O–H groups in total. The third-order valence-electron chi connectivity index (χ3n) is 3.72. The summed E-state index contributed by atoms with van der Waals surface area (Å²) >= 11 is 1.56. The van der Waals surface area contributed by atoms with Gasteiger partial charge in [0.2, 0.25) is 11.8 Å².